The van der Waals surface area contributed by atoms with Crippen LogP contribution in [0, 0.1) is 5.92 Å². The maximum atomic E-state index is 12.7. The van der Waals surface area contributed by atoms with Gasteiger partial charge in [-0.2, -0.15) is 5.06 Å². The van der Waals surface area contributed by atoms with Gasteiger partial charge in [0.05, 0.1) is 6.10 Å². The molecule has 30 heavy (non-hydrogen) atoms. The number of aliphatic hydroxyl groups excluding tert-OH is 1. The third kappa shape index (κ3) is 5.63. The van der Waals surface area contributed by atoms with E-state index in [0.29, 0.717) is 13.0 Å². The lowest BCUT2D eigenvalue weighted by Gasteiger charge is -2.58. The van der Waals surface area contributed by atoms with Gasteiger partial charge in [-0.05, 0) is 64.9 Å². The summed E-state index contributed by atoms with van der Waals surface area (Å²) in [6.45, 7) is 13.1. The van der Waals surface area contributed by atoms with Crippen LogP contribution >= 0.6 is 0 Å². The van der Waals surface area contributed by atoms with Gasteiger partial charge in [0.25, 0.3) is 5.91 Å². The Balaban J connectivity index is 1.90. The maximum Gasteiger partial charge on any atom is 0.250 e. The molecule has 1 aromatic rings. The second kappa shape index (κ2) is 10.7. The zero-order valence-electron chi connectivity index (χ0n) is 19.8. The third-order valence-corrected chi connectivity index (χ3v) is 7.31. The Labute approximate surface area is 183 Å². The van der Waals surface area contributed by atoms with Crippen LogP contribution in [0.15, 0.2) is 30.3 Å². The monoisotopic (exact) mass is 418 g/mol. The van der Waals surface area contributed by atoms with E-state index < -0.39 is 6.10 Å². The Bertz CT molecular complexity index is 668. The zero-order chi connectivity index (χ0) is 22.4. The van der Waals surface area contributed by atoms with Crippen molar-refractivity contribution in [3.8, 4) is 0 Å². The lowest BCUT2D eigenvalue weighted by atomic mass is 9.69. The van der Waals surface area contributed by atoms with Crippen LogP contribution in [0.1, 0.15) is 79.2 Å². The van der Waals surface area contributed by atoms with Crippen molar-refractivity contribution in [2.24, 2.45) is 5.92 Å². The summed E-state index contributed by atoms with van der Waals surface area (Å²) in [6, 6.07) is 10.4. The first kappa shape index (κ1) is 24.8. The molecule has 0 aromatic heterocycles. The minimum absolute atomic E-state index is 0.0652. The number of hydrogen-bond donors (Lipinski definition) is 2. The number of carbonyl (C=O) groups excluding carboxylic acids is 1. The molecule has 0 aliphatic carbocycles. The summed E-state index contributed by atoms with van der Waals surface area (Å²) < 4.78 is 0. The predicted molar refractivity (Wildman–Crippen MR) is 122 cm³/mol. The molecule has 1 heterocycles. The summed E-state index contributed by atoms with van der Waals surface area (Å²) in [4.78, 5) is 19.0. The highest BCUT2D eigenvalue weighted by atomic mass is 16.7. The van der Waals surface area contributed by atoms with Crippen molar-refractivity contribution in [2.45, 2.75) is 103 Å². The van der Waals surface area contributed by atoms with E-state index in [-0.39, 0.29) is 29.0 Å². The molecular weight excluding hydrogens is 376 g/mol. The quantitative estimate of drug-likeness (QED) is 0.550. The van der Waals surface area contributed by atoms with E-state index >= 15 is 0 Å². The summed E-state index contributed by atoms with van der Waals surface area (Å²) in [5, 5.41) is 15.7. The lowest BCUT2D eigenvalue weighted by Crippen LogP contribution is -2.68. The molecule has 1 aromatic carbocycles. The standard InChI is InChI=1S/C25H42N2O3/c1-7-24(5)18-22(28)19(3)25(6,8-2)27(24)30-20(4)23(29)26-17-13-12-16-21-14-10-9-11-15-21/h9-11,14-15,19-20,22,28H,7-8,12-13,16-18H2,1-6H3,(H,26,29). The van der Waals surface area contributed by atoms with Crippen molar-refractivity contribution in [2.75, 3.05) is 6.54 Å². The Morgan fingerprint density at radius 2 is 1.90 bits per heavy atom. The van der Waals surface area contributed by atoms with Crippen LogP contribution in [0.4, 0.5) is 0 Å². The highest BCUT2D eigenvalue weighted by Crippen LogP contribution is 2.46. The van der Waals surface area contributed by atoms with Gasteiger partial charge in [0.2, 0.25) is 0 Å². The topological polar surface area (TPSA) is 61.8 Å². The first-order chi connectivity index (χ1) is 14.2. The number of nitrogens with zero attached hydrogens (tertiary/aromatic N) is 1. The normalized spacial score (nSPS) is 30.8. The van der Waals surface area contributed by atoms with Gasteiger partial charge in [0.15, 0.2) is 6.10 Å². The van der Waals surface area contributed by atoms with E-state index in [1.807, 2.05) is 18.1 Å². The first-order valence-corrected chi connectivity index (χ1v) is 11.6. The second-order valence-corrected chi connectivity index (χ2v) is 9.40. The average Bonchev–Trinajstić information content (AvgIpc) is 2.75. The molecule has 1 amide bonds. The van der Waals surface area contributed by atoms with E-state index in [2.05, 4.69) is 64.2 Å². The van der Waals surface area contributed by atoms with Crippen molar-refractivity contribution in [3.05, 3.63) is 35.9 Å². The van der Waals surface area contributed by atoms with Crippen LogP contribution in [0.25, 0.3) is 0 Å². The van der Waals surface area contributed by atoms with Crippen molar-refractivity contribution in [3.63, 3.8) is 0 Å². The molecule has 0 radical (unpaired) electrons. The molecule has 0 saturated carbocycles. The number of hydrogen-bond acceptors (Lipinski definition) is 4. The molecule has 2 rings (SSSR count). The Kier molecular flexibility index (Phi) is 8.89. The van der Waals surface area contributed by atoms with Gasteiger partial charge < -0.3 is 10.4 Å². The molecule has 2 N–H and O–H groups in total. The molecule has 170 valence electrons. The molecule has 5 nitrogen and oxygen atoms in total. The van der Waals surface area contributed by atoms with Crippen LogP contribution in [0.2, 0.25) is 0 Å². The lowest BCUT2D eigenvalue weighted by molar-refractivity contribution is -0.328. The largest absolute Gasteiger partial charge is 0.393 e. The summed E-state index contributed by atoms with van der Waals surface area (Å²) in [5.74, 6) is -0.0132. The smallest absolute Gasteiger partial charge is 0.250 e. The van der Waals surface area contributed by atoms with Crippen LogP contribution in [-0.4, -0.2) is 45.9 Å². The number of aliphatic hydroxyl groups is 1. The number of rotatable bonds is 10. The SMILES string of the molecule is CCC1(C)CC(O)C(C)C(C)(CC)N1OC(C)C(=O)NCCCCc1ccccc1. The molecule has 1 fully saturated rings. The molecular formula is C25H42N2O3. The minimum Gasteiger partial charge on any atom is -0.393 e. The van der Waals surface area contributed by atoms with Gasteiger partial charge in [-0.3, -0.25) is 9.63 Å². The summed E-state index contributed by atoms with van der Waals surface area (Å²) >= 11 is 0. The molecule has 5 unspecified atom stereocenters. The third-order valence-electron chi connectivity index (χ3n) is 7.31. The van der Waals surface area contributed by atoms with E-state index in [4.69, 9.17) is 4.84 Å². The van der Waals surface area contributed by atoms with Crippen LogP contribution in [0.5, 0.6) is 0 Å². The maximum absolute atomic E-state index is 12.7. The van der Waals surface area contributed by atoms with Gasteiger partial charge in [-0.1, -0.05) is 51.1 Å². The fourth-order valence-electron chi connectivity index (χ4n) is 4.59. The van der Waals surface area contributed by atoms with E-state index in [0.717, 1.165) is 32.1 Å². The number of hydroxylamine groups is 2. The van der Waals surface area contributed by atoms with Crippen LogP contribution in [-0.2, 0) is 16.1 Å². The van der Waals surface area contributed by atoms with Crippen molar-refractivity contribution >= 4 is 5.91 Å². The van der Waals surface area contributed by atoms with Gasteiger partial charge in [-0.15, -0.1) is 0 Å². The van der Waals surface area contributed by atoms with Crippen molar-refractivity contribution in [1.82, 2.24) is 10.4 Å². The van der Waals surface area contributed by atoms with Gasteiger partial charge >= 0.3 is 0 Å². The number of amides is 1. The number of carbonyl (C=O) groups is 1. The highest BCUT2D eigenvalue weighted by molar-refractivity contribution is 5.80. The average molecular weight is 419 g/mol. The van der Waals surface area contributed by atoms with Gasteiger partial charge in [0.1, 0.15) is 0 Å². The van der Waals surface area contributed by atoms with E-state index in [1.165, 1.54) is 5.56 Å². The first-order valence-electron chi connectivity index (χ1n) is 11.6. The Hall–Kier alpha value is -1.43. The number of benzene rings is 1. The molecule has 1 aliphatic rings. The molecule has 1 aliphatic heterocycles. The molecule has 5 heteroatoms. The van der Waals surface area contributed by atoms with Crippen LogP contribution < -0.4 is 5.32 Å². The summed E-state index contributed by atoms with van der Waals surface area (Å²) in [5.41, 5.74) is 0.702. The molecule has 0 spiro atoms. The molecule has 1 saturated heterocycles. The van der Waals surface area contributed by atoms with Crippen molar-refractivity contribution < 1.29 is 14.7 Å². The fourth-order valence-corrected chi connectivity index (χ4v) is 4.59. The number of nitrogens with one attached hydrogen (secondary N) is 1. The number of aryl methyl sites for hydroxylation is 1. The number of unbranched alkanes of at least 4 members (excludes halogenated alkanes) is 1. The molecule has 5 atom stereocenters. The predicted octanol–water partition coefficient (Wildman–Crippen LogP) is 4.49. The highest BCUT2D eigenvalue weighted by Gasteiger charge is 2.54. The summed E-state index contributed by atoms with van der Waals surface area (Å²) in [6.07, 6.45) is 4.41. The zero-order valence-corrected chi connectivity index (χ0v) is 19.8. The van der Waals surface area contributed by atoms with E-state index in [1.54, 1.807) is 0 Å². The summed E-state index contributed by atoms with van der Waals surface area (Å²) in [7, 11) is 0. The van der Waals surface area contributed by atoms with E-state index in [9.17, 15) is 9.90 Å². The molecule has 0 bridgehead atoms. The van der Waals surface area contributed by atoms with Crippen LogP contribution in [0.3, 0.4) is 0 Å². The second-order valence-electron chi connectivity index (χ2n) is 9.40. The fraction of sp³-hybridized carbons (Fsp3) is 0.720. The Morgan fingerprint density at radius 3 is 2.50 bits per heavy atom. The van der Waals surface area contributed by atoms with Gasteiger partial charge in [0, 0.05) is 23.5 Å². The minimum atomic E-state index is -0.571. The number of piperidine rings is 1. The van der Waals surface area contributed by atoms with Gasteiger partial charge in [-0.25, -0.2) is 0 Å². The van der Waals surface area contributed by atoms with Crippen molar-refractivity contribution in [1.29, 1.82) is 0 Å². The Morgan fingerprint density at radius 1 is 1.23 bits per heavy atom.